The van der Waals surface area contributed by atoms with Gasteiger partial charge in [0.1, 0.15) is 6.61 Å². The molecule has 1 fully saturated rings. The van der Waals surface area contributed by atoms with E-state index in [2.05, 4.69) is 15.5 Å². The molecule has 1 saturated heterocycles. The van der Waals surface area contributed by atoms with Gasteiger partial charge in [-0.05, 0) is 23.8 Å². The number of carbonyl (C=O) groups is 1. The van der Waals surface area contributed by atoms with Gasteiger partial charge in [0, 0.05) is 5.56 Å². The molecule has 2 aromatic rings. The van der Waals surface area contributed by atoms with Gasteiger partial charge in [-0.3, -0.25) is 4.79 Å². The van der Waals surface area contributed by atoms with Crippen molar-refractivity contribution in [2.45, 2.75) is 0 Å². The molecule has 6 nitrogen and oxygen atoms in total. The summed E-state index contributed by atoms with van der Waals surface area (Å²) < 4.78 is 11.3. The van der Waals surface area contributed by atoms with Crippen LogP contribution in [-0.4, -0.2) is 36.8 Å². The first-order valence-electron chi connectivity index (χ1n) is 8.31. The Morgan fingerprint density at radius 3 is 2.78 bits per heavy atom. The highest BCUT2D eigenvalue weighted by Crippen LogP contribution is 2.30. The molecule has 1 heterocycles. The van der Waals surface area contributed by atoms with E-state index in [1.54, 1.807) is 13.3 Å². The van der Waals surface area contributed by atoms with Crippen molar-refractivity contribution >= 4 is 35.1 Å². The molecule has 0 aliphatic carbocycles. The molecular formula is C20H19N3O3S. The first kappa shape index (κ1) is 18.7. The van der Waals surface area contributed by atoms with E-state index in [0.29, 0.717) is 29.0 Å². The number of methoxy groups -OCH3 is 1. The molecule has 0 spiro atoms. The third-order valence-electron chi connectivity index (χ3n) is 3.59. The van der Waals surface area contributed by atoms with Gasteiger partial charge in [-0.25, -0.2) is 0 Å². The Labute approximate surface area is 162 Å². The van der Waals surface area contributed by atoms with Crippen LogP contribution in [0.1, 0.15) is 11.1 Å². The summed E-state index contributed by atoms with van der Waals surface area (Å²) in [4.78, 5) is 11.2. The van der Waals surface area contributed by atoms with E-state index >= 15 is 0 Å². The van der Waals surface area contributed by atoms with Crippen molar-refractivity contribution in [2.75, 3.05) is 19.5 Å². The fourth-order valence-electron chi connectivity index (χ4n) is 2.35. The number of ether oxygens (including phenoxy) is 2. The second-order valence-electron chi connectivity index (χ2n) is 5.49. The van der Waals surface area contributed by atoms with Crippen molar-refractivity contribution < 1.29 is 14.3 Å². The number of hydrogen-bond acceptors (Lipinski definition) is 6. The van der Waals surface area contributed by atoms with Crippen molar-refractivity contribution in [1.29, 1.82) is 0 Å². The van der Waals surface area contributed by atoms with Gasteiger partial charge in [0.05, 0.1) is 19.1 Å². The zero-order valence-electron chi connectivity index (χ0n) is 14.8. The summed E-state index contributed by atoms with van der Waals surface area (Å²) in [6, 6.07) is 15.5. The van der Waals surface area contributed by atoms with Crippen LogP contribution < -0.4 is 14.8 Å². The van der Waals surface area contributed by atoms with E-state index in [1.165, 1.54) is 11.8 Å². The Morgan fingerprint density at radius 1 is 1.19 bits per heavy atom. The number of nitrogens with one attached hydrogen (secondary N) is 1. The fourth-order valence-corrected chi connectivity index (χ4v) is 2.98. The van der Waals surface area contributed by atoms with Gasteiger partial charge in [-0.2, -0.15) is 5.10 Å². The molecular weight excluding hydrogens is 362 g/mol. The van der Waals surface area contributed by atoms with Gasteiger partial charge in [0.25, 0.3) is 0 Å². The molecule has 2 aromatic carbocycles. The van der Waals surface area contributed by atoms with Crippen LogP contribution in [0.2, 0.25) is 0 Å². The van der Waals surface area contributed by atoms with Crippen LogP contribution >= 0.6 is 11.8 Å². The van der Waals surface area contributed by atoms with E-state index < -0.39 is 0 Å². The second kappa shape index (κ2) is 9.59. The zero-order chi connectivity index (χ0) is 18.9. The average Bonchev–Trinajstić information content (AvgIpc) is 3.11. The first-order valence-corrected chi connectivity index (χ1v) is 9.30. The van der Waals surface area contributed by atoms with Gasteiger partial charge in [0.15, 0.2) is 16.7 Å². The summed E-state index contributed by atoms with van der Waals surface area (Å²) in [6.07, 6.45) is 5.51. The number of amides is 1. The molecule has 0 saturated carbocycles. The largest absolute Gasteiger partial charge is 0.493 e. The normalized spacial score (nSPS) is 15.6. The van der Waals surface area contributed by atoms with Crippen LogP contribution in [0, 0.1) is 0 Å². The van der Waals surface area contributed by atoms with Crippen molar-refractivity contribution in [3.63, 3.8) is 0 Å². The molecule has 3 rings (SSSR count). The molecule has 27 heavy (non-hydrogen) atoms. The number of hydrogen-bond donors (Lipinski definition) is 1. The number of benzene rings is 2. The monoisotopic (exact) mass is 381 g/mol. The number of amidine groups is 1. The maximum absolute atomic E-state index is 11.2. The van der Waals surface area contributed by atoms with E-state index in [0.717, 1.165) is 11.1 Å². The number of nitrogens with zero attached hydrogens (tertiary/aromatic N) is 2. The van der Waals surface area contributed by atoms with Crippen LogP contribution in [0.4, 0.5) is 0 Å². The summed E-state index contributed by atoms with van der Waals surface area (Å²) in [7, 11) is 1.59. The van der Waals surface area contributed by atoms with Crippen LogP contribution in [0.25, 0.3) is 6.08 Å². The molecule has 1 N–H and O–H groups in total. The lowest BCUT2D eigenvalue weighted by atomic mass is 10.2. The Hall–Kier alpha value is -3.06. The van der Waals surface area contributed by atoms with E-state index in [-0.39, 0.29) is 5.91 Å². The van der Waals surface area contributed by atoms with Gasteiger partial charge in [-0.15, -0.1) is 5.10 Å². The third-order valence-corrected chi connectivity index (χ3v) is 4.46. The lowest BCUT2D eigenvalue weighted by Crippen LogP contribution is -2.19. The summed E-state index contributed by atoms with van der Waals surface area (Å²) in [5, 5.41) is 11.2. The number of para-hydroxylation sites is 1. The number of carbonyl (C=O) groups excluding carboxylic acids is 1. The van der Waals surface area contributed by atoms with E-state index in [1.807, 2.05) is 60.7 Å². The minimum atomic E-state index is -0.0652. The molecule has 1 aliphatic heterocycles. The van der Waals surface area contributed by atoms with E-state index in [9.17, 15) is 4.79 Å². The van der Waals surface area contributed by atoms with Crippen LogP contribution in [0.15, 0.2) is 64.8 Å². The van der Waals surface area contributed by atoms with Gasteiger partial charge in [0.2, 0.25) is 5.91 Å². The Morgan fingerprint density at radius 2 is 2.04 bits per heavy atom. The minimum Gasteiger partial charge on any atom is -0.493 e. The van der Waals surface area contributed by atoms with Crippen LogP contribution in [-0.2, 0) is 4.79 Å². The molecule has 138 valence electrons. The van der Waals surface area contributed by atoms with Crippen molar-refractivity contribution in [3.8, 4) is 11.5 Å². The quantitative estimate of drug-likeness (QED) is 0.590. The topological polar surface area (TPSA) is 72.3 Å². The SMILES string of the molecule is COc1cccc(C=NN=C2NC(=O)CS2)c1OCC=Cc1ccccc1. The van der Waals surface area contributed by atoms with Crippen molar-refractivity contribution in [3.05, 3.63) is 65.7 Å². The molecule has 0 radical (unpaired) electrons. The second-order valence-corrected chi connectivity index (χ2v) is 6.45. The Kier molecular flexibility index (Phi) is 6.65. The molecule has 1 amide bonds. The standard InChI is InChI=1S/C20H19N3O3S/c1-25-17-11-5-10-16(13-21-23-20-22-18(24)14-27-20)19(17)26-12-6-9-15-7-3-2-4-8-15/h2-11,13H,12,14H2,1H3,(H,22,23,24). The van der Waals surface area contributed by atoms with Crippen LogP contribution in [0.5, 0.6) is 11.5 Å². The summed E-state index contributed by atoms with van der Waals surface area (Å²) >= 11 is 1.32. The van der Waals surface area contributed by atoms with Gasteiger partial charge < -0.3 is 14.8 Å². The molecule has 0 aromatic heterocycles. The van der Waals surface area contributed by atoms with E-state index in [4.69, 9.17) is 9.47 Å². The lowest BCUT2D eigenvalue weighted by molar-refractivity contribution is -0.116. The number of rotatable bonds is 7. The van der Waals surface area contributed by atoms with Crippen molar-refractivity contribution in [1.82, 2.24) is 5.32 Å². The average molecular weight is 381 g/mol. The van der Waals surface area contributed by atoms with Gasteiger partial charge in [-0.1, -0.05) is 54.2 Å². The molecule has 0 unspecified atom stereocenters. The maximum Gasteiger partial charge on any atom is 0.236 e. The lowest BCUT2D eigenvalue weighted by Gasteiger charge is -2.11. The summed E-state index contributed by atoms with van der Waals surface area (Å²) in [5.41, 5.74) is 1.84. The maximum atomic E-state index is 11.2. The Bertz CT molecular complexity index is 879. The highest BCUT2D eigenvalue weighted by atomic mass is 32.2. The molecule has 1 aliphatic rings. The molecule has 0 bridgehead atoms. The summed E-state index contributed by atoms with van der Waals surface area (Å²) in [5.74, 6) is 1.51. The third kappa shape index (κ3) is 5.46. The summed E-state index contributed by atoms with van der Waals surface area (Å²) in [6.45, 7) is 0.385. The highest BCUT2D eigenvalue weighted by molar-refractivity contribution is 8.15. The first-order chi connectivity index (χ1) is 13.3. The fraction of sp³-hybridized carbons (Fsp3) is 0.150. The smallest absolute Gasteiger partial charge is 0.236 e. The Balaban J connectivity index is 1.69. The minimum absolute atomic E-state index is 0.0652. The predicted octanol–water partition coefficient (Wildman–Crippen LogP) is 3.34. The molecule has 0 atom stereocenters. The molecule has 7 heteroatoms. The zero-order valence-corrected chi connectivity index (χ0v) is 15.6. The van der Waals surface area contributed by atoms with Crippen LogP contribution in [0.3, 0.4) is 0 Å². The number of thioether (sulfide) groups is 1. The van der Waals surface area contributed by atoms with Crippen molar-refractivity contribution in [2.24, 2.45) is 10.2 Å². The predicted molar refractivity (Wildman–Crippen MR) is 110 cm³/mol. The van der Waals surface area contributed by atoms with Gasteiger partial charge >= 0.3 is 0 Å². The highest BCUT2D eigenvalue weighted by Gasteiger charge is 2.16.